The summed E-state index contributed by atoms with van der Waals surface area (Å²) in [6.45, 7) is 4.17. The fourth-order valence-electron chi connectivity index (χ4n) is 6.88. The molecule has 0 radical (unpaired) electrons. The van der Waals surface area contributed by atoms with E-state index >= 15 is 0 Å². The number of nitrogens with zero attached hydrogens (tertiary/aromatic N) is 5. The van der Waals surface area contributed by atoms with Crippen molar-refractivity contribution in [3.63, 3.8) is 0 Å². The molecule has 262 valence electrons. The zero-order valence-corrected chi connectivity index (χ0v) is 27.5. The molecule has 3 fully saturated rings. The van der Waals surface area contributed by atoms with E-state index in [9.17, 15) is 18.7 Å². The first kappa shape index (κ1) is 32.7. The summed E-state index contributed by atoms with van der Waals surface area (Å²) < 4.78 is 58.1. The highest BCUT2D eigenvalue weighted by molar-refractivity contribution is 6.06. The third kappa shape index (κ3) is 6.12. The second-order valence-electron chi connectivity index (χ2n) is 12.7. The number of halogens is 2. The van der Waals surface area contributed by atoms with Gasteiger partial charge in [-0.15, -0.1) is 0 Å². The number of aliphatic carboxylic acids is 1. The van der Waals surface area contributed by atoms with Crippen LogP contribution in [-0.4, -0.2) is 89.3 Å². The number of aromatic nitrogens is 3. The van der Waals surface area contributed by atoms with Crippen molar-refractivity contribution < 1.29 is 42.0 Å². The Morgan fingerprint density at radius 2 is 1.92 bits per heavy atom. The van der Waals surface area contributed by atoms with Crippen molar-refractivity contribution in [2.45, 2.75) is 43.6 Å². The summed E-state index contributed by atoms with van der Waals surface area (Å²) in [5, 5.41) is 10.8. The molecule has 1 spiro atoms. The number of ether oxygens (including phenoxy) is 4. The lowest BCUT2D eigenvalue weighted by molar-refractivity contribution is -0.228. The number of carbonyl (C=O) groups is 1. The Morgan fingerprint density at radius 3 is 2.69 bits per heavy atom. The molecule has 14 heteroatoms. The van der Waals surface area contributed by atoms with E-state index < -0.39 is 36.0 Å². The minimum atomic E-state index is -2.99. The van der Waals surface area contributed by atoms with Crippen LogP contribution in [0, 0.1) is 11.8 Å². The van der Waals surface area contributed by atoms with E-state index in [0.29, 0.717) is 54.3 Å². The monoisotopic (exact) mass is 697 g/mol. The second kappa shape index (κ2) is 13.3. The van der Waals surface area contributed by atoms with Crippen LogP contribution in [0.2, 0.25) is 0 Å². The van der Waals surface area contributed by atoms with Crippen molar-refractivity contribution in [2.75, 3.05) is 49.3 Å². The first-order valence-electron chi connectivity index (χ1n) is 16.6. The Bertz CT molecular complexity index is 2150. The van der Waals surface area contributed by atoms with Crippen LogP contribution in [0.3, 0.4) is 0 Å². The number of carboxylic acid groups (broad SMARTS) is 1. The number of morpholine rings is 1. The molecular formula is C37H33F2N5O7. The van der Waals surface area contributed by atoms with Gasteiger partial charge in [-0.25, -0.2) is 28.5 Å². The lowest BCUT2D eigenvalue weighted by atomic mass is 9.90. The predicted octanol–water partition coefficient (Wildman–Crippen LogP) is 5.24. The van der Waals surface area contributed by atoms with Crippen molar-refractivity contribution >= 4 is 39.5 Å². The number of furan rings is 1. The van der Waals surface area contributed by atoms with Crippen molar-refractivity contribution in [2.24, 2.45) is 0 Å². The summed E-state index contributed by atoms with van der Waals surface area (Å²) in [6.07, 6.45) is -2.06. The third-order valence-corrected chi connectivity index (χ3v) is 9.58. The quantitative estimate of drug-likeness (QED) is 0.213. The molecule has 3 aliphatic heterocycles. The summed E-state index contributed by atoms with van der Waals surface area (Å²) in [5.41, 5.74) is 1.55. The van der Waals surface area contributed by atoms with Gasteiger partial charge < -0.3 is 38.3 Å². The van der Waals surface area contributed by atoms with Gasteiger partial charge in [0, 0.05) is 30.1 Å². The molecule has 1 N–H and O–H groups in total. The highest BCUT2D eigenvalue weighted by Gasteiger charge is 2.50. The van der Waals surface area contributed by atoms with E-state index in [0.717, 1.165) is 0 Å². The van der Waals surface area contributed by atoms with Gasteiger partial charge in [-0.2, -0.15) is 0 Å². The topological polar surface area (TPSA) is 133 Å². The summed E-state index contributed by atoms with van der Waals surface area (Å²) in [4.78, 5) is 29.1. The van der Waals surface area contributed by atoms with Crippen LogP contribution in [0.15, 0.2) is 71.3 Å². The fraction of sp³-hybridized carbons (Fsp3) is 0.351. The third-order valence-electron chi connectivity index (χ3n) is 9.58. The molecule has 3 saturated heterocycles. The maximum absolute atomic E-state index is 14.1. The van der Waals surface area contributed by atoms with Gasteiger partial charge in [0.25, 0.3) is 6.43 Å². The van der Waals surface area contributed by atoms with Gasteiger partial charge in [0.15, 0.2) is 17.2 Å². The highest BCUT2D eigenvalue weighted by atomic mass is 19.3. The van der Waals surface area contributed by atoms with Crippen LogP contribution < -0.4 is 19.3 Å². The molecule has 12 nitrogen and oxygen atoms in total. The number of hydrogen-bond donors (Lipinski definition) is 1. The molecule has 6 heterocycles. The molecule has 3 aromatic heterocycles. The van der Waals surface area contributed by atoms with E-state index in [4.69, 9.17) is 23.4 Å². The number of fused-ring (bicyclic) bond motifs is 3. The molecule has 0 saturated carbocycles. The second-order valence-corrected chi connectivity index (χ2v) is 12.7. The first-order valence-corrected chi connectivity index (χ1v) is 16.6. The van der Waals surface area contributed by atoms with Crippen molar-refractivity contribution in [3.8, 4) is 23.5 Å². The average molecular weight is 698 g/mol. The number of rotatable bonds is 8. The number of alkyl halides is 2. The molecule has 0 amide bonds. The van der Waals surface area contributed by atoms with Gasteiger partial charge in [0.2, 0.25) is 5.88 Å². The van der Waals surface area contributed by atoms with Gasteiger partial charge in [-0.1, -0.05) is 42.2 Å². The predicted molar refractivity (Wildman–Crippen MR) is 181 cm³/mol. The van der Waals surface area contributed by atoms with Gasteiger partial charge in [-0.3, -0.25) is 0 Å². The molecule has 2 aromatic carbocycles. The van der Waals surface area contributed by atoms with Crippen LogP contribution >= 0.6 is 0 Å². The fourth-order valence-corrected chi connectivity index (χ4v) is 6.88. The molecule has 0 aliphatic carbocycles. The highest BCUT2D eigenvalue weighted by Crippen LogP contribution is 2.41. The number of carboxylic acids is 1. The van der Waals surface area contributed by atoms with Crippen molar-refractivity contribution in [1.29, 1.82) is 0 Å². The largest absolute Gasteiger partial charge is 0.481 e. The van der Waals surface area contributed by atoms with Gasteiger partial charge in [0.05, 0.1) is 32.4 Å². The molecule has 8 rings (SSSR count). The number of para-hydroxylation sites is 2. The molecule has 0 unspecified atom stereocenters. The zero-order chi connectivity index (χ0) is 35.1. The van der Waals surface area contributed by atoms with Crippen molar-refractivity contribution in [3.05, 3.63) is 78.2 Å². The molecule has 51 heavy (non-hydrogen) atoms. The summed E-state index contributed by atoms with van der Waals surface area (Å²) in [6, 6.07) is 16.9. The number of benzene rings is 2. The molecule has 0 bridgehead atoms. The molecular weight excluding hydrogens is 664 g/mol. The van der Waals surface area contributed by atoms with Crippen LogP contribution in [0.5, 0.6) is 11.6 Å². The van der Waals surface area contributed by atoms with Crippen LogP contribution in [0.25, 0.3) is 22.1 Å². The Hall–Kier alpha value is -5.52. The lowest BCUT2D eigenvalue weighted by Crippen LogP contribution is -2.68. The minimum absolute atomic E-state index is 0.0126. The maximum atomic E-state index is 14.1. The SMILES string of the molecule is C[C@@H]1N(c2cc(C#CCOc3ccccc3)cnc2O[C@H]2C[C@@H](C(=O)O)N(c3nc(C(F)F)nc4c3oc3ccccc34)C2)CCOC12COC2. The summed E-state index contributed by atoms with van der Waals surface area (Å²) in [5.74, 6) is 5.25. The molecule has 5 aromatic rings. The van der Waals surface area contributed by atoms with Crippen molar-refractivity contribution in [1.82, 2.24) is 15.0 Å². The smallest absolute Gasteiger partial charge is 0.326 e. The van der Waals surface area contributed by atoms with E-state index in [1.165, 1.54) is 4.90 Å². The Labute approximate surface area is 290 Å². The van der Waals surface area contributed by atoms with E-state index in [2.05, 4.69) is 38.6 Å². The van der Waals surface area contributed by atoms with Gasteiger partial charge >= 0.3 is 5.97 Å². The van der Waals surface area contributed by atoms with E-state index in [1.807, 2.05) is 36.4 Å². The summed E-state index contributed by atoms with van der Waals surface area (Å²) in [7, 11) is 0. The lowest BCUT2D eigenvalue weighted by Gasteiger charge is -2.53. The van der Waals surface area contributed by atoms with E-state index in [1.54, 1.807) is 30.5 Å². The summed E-state index contributed by atoms with van der Waals surface area (Å²) >= 11 is 0. The van der Waals surface area contributed by atoms with Crippen LogP contribution in [-0.2, 0) is 14.3 Å². The number of pyridine rings is 1. The van der Waals surface area contributed by atoms with E-state index in [-0.39, 0.29) is 48.4 Å². The first-order chi connectivity index (χ1) is 24.8. The Kier molecular flexibility index (Phi) is 8.53. The Balaban J connectivity index is 1.11. The number of hydrogen-bond acceptors (Lipinski definition) is 11. The Morgan fingerprint density at radius 1 is 1.12 bits per heavy atom. The normalized spacial score (nSPS) is 21.1. The van der Waals surface area contributed by atoms with Gasteiger partial charge in [0.1, 0.15) is 46.9 Å². The van der Waals surface area contributed by atoms with Gasteiger partial charge in [-0.05, 0) is 37.3 Å². The zero-order valence-electron chi connectivity index (χ0n) is 27.5. The minimum Gasteiger partial charge on any atom is -0.481 e. The maximum Gasteiger partial charge on any atom is 0.326 e. The molecule has 3 aliphatic rings. The van der Waals surface area contributed by atoms with Crippen LogP contribution in [0.1, 0.15) is 31.2 Å². The number of anilines is 2. The standard InChI is InChI=1S/C37H33F2N5O7/c1-22-37(20-47-21-37)49-15-13-43(22)27-16-23(8-7-14-48-24-9-3-2-4-10-24)18-40-35(27)50-25-17-28(36(45)46)44(19-25)34-31-30(41-33(42-34)32(38)39)26-11-5-6-12-29(26)51-31/h2-6,9-12,16,18,22,25,28,32H,13-15,17,19-21H2,1H3,(H,45,46)/t22-,25-,28-/m0/s1. The average Bonchev–Trinajstić information content (AvgIpc) is 3.72. The van der Waals surface area contributed by atoms with Crippen LogP contribution in [0.4, 0.5) is 20.3 Å². The molecule has 3 atom stereocenters.